The summed E-state index contributed by atoms with van der Waals surface area (Å²) in [5.41, 5.74) is 0.738. The fourth-order valence-electron chi connectivity index (χ4n) is 3.73. The summed E-state index contributed by atoms with van der Waals surface area (Å²) in [6.07, 6.45) is -4.53. The average molecular weight is 511 g/mol. The lowest BCUT2D eigenvalue weighted by Crippen LogP contribution is -2.18. The molecule has 0 N–H and O–H groups in total. The number of thiophene rings is 2. The standard InChI is InChI=1S/C26H13F3O4S2/c1-12-2-4-13(5-3-12)20(30)18-10-16-22(32)23(33)17-11-19(35-25(17)24(16)34-18)21(31)14-6-8-15(9-7-14)26(27,28)29/h2-11H,1H3. The summed E-state index contributed by atoms with van der Waals surface area (Å²) in [6, 6.07) is 13.4. The van der Waals surface area contributed by atoms with Gasteiger partial charge in [0.05, 0.1) is 25.1 Å². The summed E-state index contributed by atoms with van der Waals surface area (Å²) in [4.78, 5) is 52.6. The third-order valence-corrected chi connectivity index (χ3v) is 8.03. The number of rotatable bonds is 4. The molecule has 0 atom stereocenters. The molecule has 0 saturated heterocycles. The van der Waals surface area contributed by atoms with Crippen molar-refractivity contribution in [2.75, 3.05) is 0 Å². The molecule has 4 nitrogen and oxygen atoms in total. The van der Waals surface area contributed by atoms with Gasteiger partial charge in [-0.15, -0.1) is 22.7 Å². The minimum atomic E-state index is -4.53. The number of ketones is 4. The fraction of sp³-hybridized carbons (Fsp3) is 0.0769. The highest BCUT2D eigenvalue weighted by Gasteiger charge is 2.36. The van der Waals surface area contributed by atoms with Gasteiger partial charge in [0.15, 0.2) is 0 Å². The summed E-state index contributed by atoms with van der Waals surface area (Å²) in [5.74, 6) is -2.41. The predicted octanol–water partition coefficient (Wildman–Crippen LogP) is 6.64. The van der Waals surface area contributed by atoms with Crippen molar-refractivity contribution in [2.45, 2.75) is 13.1 Å². The van der Waals surface area contributed by atoms with Crippen molar-refractivity contribution in [3.05, 3.63) is 104 Å². The highest BCUT2D eigenvalue weighted by molar-refractivity contribution is 7.25. The molecule has 0 radical (unpaired) electrons. The predicted molar refractivity (Wildman–Crippen MR) is 126 cm³/mol. The molecule has 5 rings (SSSR count). The smallest absolute Gasteiger partial charge is 0.288 e. The lowest BCUT2D eigenvalue weighted by atomic mass is 9.94. The number of carbonyl (C=O) groups excluding carboxylic acids is 4. The Bertz CT molecular complexity index is 1540. The van der Waals surface area contributed by atoms with E-state index in [9.17, 15) is 32.3 Å². The van der Waals surface area contributed by atoms with E-state index in [1.165, 1.54) is 12.1 Å². The molecule has 4 aromatic rings. The summed E-state index contributed by atoms with van der Waals surface area (Å²) in [6.45, 7) is 1.89. The molecule has 174 valence electrons. The lowest BCUT2D eigenvalue weighted by molar-refractivity contribution is -0.137. The Morgan fingerprint density at radius 1 is 0.686 bits per heavy atom. The SMILES string of the molecule is Cc1ccc(C(=O)c2cc3c(s2)-c2sc(C(=O)c4ccc(C(F)(F)F)cc4)cc2C(=O)C3=O)cc1. The zero-order valence-corrected chi connectivity index (χ0v) is 19.5. The molecule has 2 aromatic heterocycles. The van der Waals surface area contributed by atoms with E-state index in [1.54, 1.807) is 24.3 Å². The highest BCUT2D eigenvalue weighted by Crippen LogP contribution is 2.45. The number of halogens is 3. The Morgan fingerprint density at radius 2 is 1.09 bits per heavy atom. The number of Topliss-reactive ketones (excluding diaryl/α,β-unsaturated/α-hetero) is 2. The topological polar surface area (TPSA) is 68.3 Å². The summed E-state index contributed by atoms with van der Waals surface area (Å²) in [5, 5.41) is 0. The Balaban J connectivity index is 1.52. The first kappa shape index (κ1) is 23.1. The van der Waals surface area contributed by atoms with E-state index < -0.39 is 29.1 Å². The van der Waals surface area contributed by atoms with Gasteiger partial charge < -0.3 is 0 Å². The molecule has 0 amide bonds. The molecule has 2 heterocycles. The first-order valence-corrected chi connectivity index (χ1v) is 11.9. The molecule has 2 aromatic carbocycles. The van der Waals surface area contributed by atoms with Gasteiger partial charge in [-0.2, -0.15) is 13.2 Å². The molecule has 0 bridgehead atoms. The van der Waals surface area contributed by atoms with E-state index in [-0.39, 0.29) is 32.2 Å². The average Bonchev–Trinajstić information content (AvgIpc) is 3.47. The fourth-order valence-corrected chi connectivity index (χ4v) is 6.12. The number of alkyl halides is 3. The Kier molecular flexibility index (Phi) is 5.41. The maximum Gasteiger partial charge on any atom is 0.416 e. The van der Waals surface area contributed by atoms with Crippen LogP contribution in [0.4, 0.5) is 13.2 Å². The van der Waals surface area contributed by atoms with Gasteiger partial charge in [-0.3, -0.25) is 19.2 Å². The largest absolute Gasteiger partial charge is 0.416 e. The summed E-state index contributed by atoms with van der Waals surface area (Å²) in [7, 11) is 0. The van der Waals surface area contributed by atoms with Crippen molar-refractivity contribution in [2.24, 2.45) is 0 Å². The maximum absolute atomic E-state index is 13.0. The minimum Gasteiger partial charge on any atom is -0.288 e. The van der Waals surface area contributed by atoms with Crippen LogP contribution in [0.3, 0.4) is 0 Å². The monoisotopic (exact) mass is 510 g/mol. The van der Waals surface area contributed by atoms with Crippen LogP contribution in [-0.4, -0.2) is 23.1 Å². The second-order valence-electron chi connectivity index (χ2n) is 7.96. The molecule has 0 aliphatic heterocycles. The van der Waals surface area contributed by atoms with Gasteiger partial charge in [-0.05, 0) is 31.2 Å². The zero-order chi connectivity index (χ0) is 25.1. The number of carbonyl (C=O) groups is 4. The van der Waals surface area contributed by atoms with Gasteiger partial charge in [0.1, 0.15) is 0 Å². The van der Waals surface area contributed by atoms with Crippen molar-refractivity contribution >= 4 is 45.8 Å². The van der Waals surface area contributed by atoms with Crippen LogP contribution in [0.1, 0.15) is 62.3 Å². The molecule has 0 unspecified atom stereocenters. The van der Waals surface area contributed by atoms with Crippen molar-refractivity contribution in [1.82, 2.24) is 0 Å². The molecule has 0 saturated carbocycles. The molecule has 0 fully saturated rings. The van der Waals surface area contributed by atoms with E-state index in [2.05, 4.69) is 0 Å². The first-order valence-electron chi connectivity index (χ1n) is 10.2. The third kappa shape index (κ3) is 3.96. The van der Waals surface area contributed by atoms with Gasteiger partial charge >= 0.3 is 6.18 Å². The van der Waals surface area contributed by atoms with Gasteiger partial charge in [-0.1, -0.05) is 42.0 Å². The third-order valence-electron chi connectivity index (χ3n) is 5.60. The van der Waals surface area contributed by atoms with Crippen LogP contribution in [0.2, 0.25) is 0 Å². The Morgan fingerprint density at radius 3 is 1.49 bits per heavy atom. The maximum atomic E-state index is 13.0. The molecule has 1 aliphatic rings. The molecule has 9 heteroatoms. The number of fused-ring (bicyclic) bond motifs is 3. The van der Waals surface area contributed by atoms with Gasteiger partial charge in [0.25, 0.3) is 0 Å². The van der Waals surface area contributed by atoms with Crippen molar-refractivity contribution in [1.29, 1.82) is 0 Å². The van der Waals surface area contributed by atoms with Crippen molar-refractivity contribution in [3.8, 4) is 9.75 Å². The van der Waals surface area contributed by atoms with Gasteiger partial charge in [0.2, 0.25) is 23.1 Å². The molecule has 1 aliphatic carbocycles. The summed E-state index contributed by atoms with van der Waals surface area (Å²) < 4.78 is 38.5. The van der Waals surface area contributed by atoms with E-state index in [1.807, 2.05) is 6.92 Å². The lowest BCUT2D eigenvalue weighted by Gasteiger charge is -2.08. The van der Waals surface area contributed by atoms with Crippen LogP contribution in [0.5, 0.6) is 0 Å². The minimum absolute atomic E-state index is 0.0250. The van der Waals surface area contributed by atoms with E-state index in [4.69, 9.17) is 0 Å². The first-order chi connectivity index (χ1) is 16.5. The molecular formula is C26H13F3O4S2. The van der Waals surface area contributed by atoms with Crippen LogP contribution in [0.25, 0.3) is 9.75 Å². The number of benzene rings is 2. The van der Waals surface area contributed by atoms with Crippen LogP contribution >= 0.6 is 22.7 Å². The molecule has 35 heavy (non-hydrogen) atoms. The molecular weight excluding hydrogens is 497 g/mol. The van der Waals surface area contributed by atoms with E-state index >= 15 is 0 Å². The highest BCUT2D eigenvalue weighted by atomic mass is 32.1. The van der Waals surface area contributed by atoms with Crippen molar-refractivity contribution < 1.29 is 32.3 Å². The van der Waals surface area contributed by atoms with Gasteiger partial charge in [-0.25, -0.2) is 0 Å². The zero-order valence-electron chi connectivity index (χ0n) is 17.9. The van der Waals surface area contributed by atoms with Crippen LogP contribution < -0.4 is 0 Å². The van der Waals surface area contributed by atoms with E-state index in [0.717, 1.165) is 52.5 Å². The van der Waals surface area contributed by atoms with Crippen LogP contribution in [0.15, 0.2) is 60.7 Å². The second-order valence-corrected chi connectivity index (χ2v) is 10.1. The summed E-state index contributed by atoms with van der Waals surface area (Å²) >= 11 is 2.04. The van der Waals surface area contributed by atoms with Crippen molar-refractivity contribution in [3.63, 3.8) is 0 Å². The quantitative estimate of drug-likeness (QED) is 0.228. The number of hydrogen-bond donors (Lipinski definition) is 0. The van der Waals surface area contributed by atoms with Crippen LogP contribution in [0, 0.1) is 6.92 Å². The second kappa shape index (κ2) is 8.21. The van der Waals surface area contributed by atoms with Gasteiger partial charge in [0, 0.05) is 22.3 Å². The number of hydrogen-bond acceptors (Lipinski definition) is 6. The molecule has 0 spiro atoms. The number of aryl methyl sites for hydroxylation is 1. The Labute approximate surface area is 204 Å². The van der Waals surface area contributed by atoms with Crippen LogP contribution in [-0.2, 0) is 6.18 Å². The normalized spacial score (nSPS) is 12.9. The van der Waals surface area contributed by atoms with E-state index in [0.29, 0.717) is 15.3 Å². The Hall–Kier alpha value is -3.69.